The van der Waals surface area contributed by atoms with E-state index in [1.807, 2.05) is 0 Å². The van der Waals surface area contributed by atoms with Crippen LogP contribution in [0.2, 0.25) is 5.02 Å². The molecule has 0 amide bonds. The highest BCUT2D eigenvalue weighted by atomic mass is 35.5. The molecule has 2 heterocycles. The molecule has 0 radical (unpaired) electrons. The van der Waals surface area contributed by atoms with Gasteiger partial charge in [-0.15, -0.1) is 0 Å². The van der Waals surface area contributed by atoms with E-state index < -0.39 is 11.9 Å². The smallest absolute Gasteiger partial charge is 0.341 e. The van der Waals surface area contributed by atoms with Gasteiger partial charge in [0.05, 0.1) is 17.8 Å². The maximum absolute atomic E-state index is 13.7. The molecular weight excluding hydrogens is 338 g/mol. The van der Waals surface area contributed by atoms with Crippen LogP contribution in [-0.4, -0.2) is 37.1 Å². The number of hydrogen-bond donors (Lipinski definition) is 0. The van der Waals surface area contributed by atoms with E-state index in [0.29, 0.717) is 23.8 Å². The van der Waals surface area contributed by atoms with E-state index >= 15 is 0 Å². The predicted octanol–water partition coefficient (Wildman–Crippen LogP) is 4.41. The molecule has 2 fully saturated rings. The number of pyridine rings is 1. The highest BCUT2D eigenvalue weighted by molar-refractivity contribution is 6.31. The Kier molecular flexibility index (Phi) is 4.95. The van der Waals surface area contributed by atoms with Gasteiger partial charge in [0.2, 0.25) is 5.92 Å². The van der Waals surface area contributed by atoms with E-state index in [2.05, 4.69) is 4.98 Å². The molecule has 0 N–H and O–H groups in total. The van der Waals surface area contributed by atoms with Crippen LogP contribution in [-0.2, 0) is 4.74 Å². The van der Waals surface area contributed by atoms with Crippen molar-refractivity contribution in [3.63, 3.8) is 0 Å². The summed E-state index contributed by atoms with van der Waals surface area (Å²) in [5.41, 5.74) is 1.01. The summed E-state index contributed by atoms with van der Waals surface area (Å²) in [6, 6.07) is 1.58. The molecule has 1 aromatic heterocycles. The van der Waals surface area contributed by atoms with E-state index in [1.54, 1.807) is 11.0 Å². The van der Waals surface area contributed by atoms with Crippen LogP contribution in [0.5, 0.6) is 0 Å². The molecule has 0 aromatic carbocycles. The van der Waals surface area contributed by atoms with Crippen molar-refractivity contribution in [2.24, 2.45) is 0 Å². The third kappa shape index (κ3) is 3.48. The van der Waals surface area contributed by atoms with Crippen LogP contribution < -0.4 is 4.90 Å². The molecule has 0 bridgehead atoms. The van der Waals surface area contributed by atoms with Crippen molar-refractivity contribution in [2.75, 3.05) is 25.1 Å². The molecular formula is C17H21ClF2N2O2. The molecule has 1 aliphatic carbocycles. The number of hydrogen-bond acceptors (Lipinski definition) is 4. The number of nitrogens with zero attached hydrogens (tertiary/aromatic N) is 2. The summed E-state index contributed by atoms with van der Waals surface area (Å²) in [7, 11) is 1.29. The van der Waals surface area contributed by atoms with Gasteiger partial charge in [-0.2, -0.15) is 0 Å². The molecule has 0 spiro atoms. The topological polar surface area (TPSA) is 42.4 Å². The van der Waals surface area contributed by atoms with Crippen LogP contribution >= 0.6 is 11.6 Å². The zero-order valence-corrected chi connectivity index (χ0v) is 14.4. The second-order valence-electron chi connectivity index (χ2n) is 6.54. The summed E-state index contributed by atoms with van der Waals surface area (Å²) in [5.74, 6) is -2.50. The first kappa shape index (κ1) is 17.4. The number of methoxy groups -OCH3 is 1. The van der Waals surface area contributed by atoms with E-state index in [-0.39, 0.29) is 30.9 Å². The van der Waals surface area contributed by atoms with Crippen LogP contribution in [0.15, 0.2) is 6.07 Å². The fourth-order valence-corrected chi connectivity index (χ4v) is 3.54. The first-order chi connectivity index (χ1) is 11.4. The number of aromatic nitrogens is 1. The van der Waals surface area contributed by atoms with Crippen molar-refractivity contribution in [2.45, 2.75) is 50.4 Å². The average Bonchev–Trinajstić information content (AvgIpc) is 2.67. The number of anilines is 1. The average molecular weight is 359 g/mol. The van der Waals surface area contributed by atoms with Gasteiger partial charge in [0.15, 0.2) is 0 Å². The molecule has 1 saturated heterocycles. The second kappa shape index (κ2) is 6.82. The third-order valence-electron chi connectivity index (χ3n) is 4.90. The Bertz CT molecular complexity index is 635. The molecule has 1 saturated carbocycles. The van der Waals surface area contributed by atoms with Gasteiger partial charge >= 0.3 is 5.97 Å². The molecule has 132 valence electrons. The van der Waals surface area contributed by atoms with Crippen LogP contribution in [0, 0.1) is 0 Å². The van der Waals surface area contributed by atoms with Gasteiger partial charge < -0.3 is 9.64 Å². The largest absolute Gasteiger partial charge is 0.465 e. The summed E-state index contributed by atoms with van der Waals surface area (Å²) in [5, 5.41) is 0.448. The first-order valence-electron chi connectivity index (χ1n) is 8.33. The number of rotatable bonds is 3. The third-order valence-corrected chi connectivity index (χ3v) is 5.20. The van der Waals surface area contributed by atoms with Gasteiger partial charge in [-0.3, -0.25) is 0 Å². The Morgan fingerprint density at radius 3 is 2.71 bits per heavy atom. The Morgan fingerprint density at radius 1 is 1.33 bits per heavy atom. The summed E-state index contributed by atoms with van der Waals surface area (Å²) in [6.45, 7) is 0.605. The zero-order chi connectivity index (χ0) is 17.3. The number of carbonyl (C=O) groups excluding carboxylic acids is 1. The minimum atomic E-state index is -2.66. The normalized spacial score (nSPS) is 21.1. The quantitative estimate of drug-likeness (QED) is 0.750. The highest BCUT2D eigenvalue weighted by Gasteiger charge is 2.34. The Morgan fingerprint density at radius 2 is 2.08 bits per heavy atom. The van der Waals surface area contributed by atoms with Gasteiger partial charge in [-0.25, -0.2) is 18.6 Å². The second-order valence-corrected chi connectivity index (χ2v) is 6.95. The number of alkyl halides is 2. The van der Waals surface area contributed by atoms with Gasteiger partial charge in [0.1, 0.15) is 11.4 Å². The minimum Gasteiger partial charge on any atom is -0.465 e. The Hall–Kier alpha value is -1.43. The van der Waals surface area contributed by atoms with Crippen molar-refractivity contribution in [1.29, 1.82) is 0 Å². The monoisotopic (exact) mass is 358 g/mol. The molecule has 0 unspecified atom stereocenters. The fourth-order valence-electron chi connectivity index (χ4n) is 3.24. The molecule has 7 heteroatoms. The number of esters is 1. The fraction of sp³-hybridized carbons (Fsp3) is 0.647. The lowest BCUT2D eigenvalue weighted by molar-refractivity contribution is -0.0102. The Balaban J connectivity index is 1.98. The molecule has 0 atom stereocenters. The van der Waals surface area contributed by atoms with E-state index in [4.69, 9.17) is 16.3 Å². The van der Waals surface area contributed by atoms with Gasteiger partial charge in [-0.05, 0) is 25.3 Å². The van der Waals surface area contributed by atoms with Crippen LogP contribution in [0.1, 0.15) is 60.5 Å². The van der Waals surface area contributed by atoms with Crippen LogP contribution in [0.4, 0.5) is 14.6 Å². The van der Waals surface area contributed by atoms with Crippen molar-refractivity contribution in [1.82, 2.24) is 4.98 Å². The number of halogens is 3. The number of ether oxygens (including phenoxy) is 1. The standard InChI is InChI=1S/C17H21ClF2N2O2/c1-24-16(23)12-10-13(18)14(11-4-2-5-11)21-15(12)22-8-3-6-17(19,20)7-9-22/h10-11H,2-9H2,1H3. The van der Waals surface area contributed by atoms with Crippen molar-refractivity contribution in [3.8, 4) is 0 Å². The van der Waals surface area contributed by atoms with Crippen LogP contribution in [0.3, 0.4) is 0 Å². The zero-order valence-electron chi connectivity index (χ0n) is 13.7. The van der Waals surface area contributed by atoms with Gasteiger partial charge in [-0.1, -0.05) is 18.0 Å². The van der Waals surface area contributed by atoms with Gasteiger partial charge in [0, 0.05) is 31.8 Å². The highest BCUT2D eigenvalue weighted by Crippen LogP contribution is 2.41. The van der Waals surface area contributed by atoms with Gasteiger partial charge in [0.25, 0.3) is 0 Å². The molecule has 1 aromatic rings. The summed E-state index contributed by atoms with van der Waals surface area (Å²) >= 11 is 6.32. The molecule has 2 aliphatic rings. The maximum atomic E-state index is 13.7. The van der Waals surface area contributed by atoms with E-state index in [9.17, 15) is 13.6 Å². The Labute approximate surface area is 145 Å². The summed E-state index contributed by atoms with van der Waals surface area (Å²) in [4.78, 5) is 18.5. The molecule has 3 rings (SSSR count). The lowest BCUT2D eigenvalue weighted by Gasteiger charge is -2.29. The maximum Gasteiger partial charge on any atom is 0.341 e. The molecule has 1 aliphatic heterocycles. The van der Waals surface area contributed by atoms with E-state index in [1.165, 1.54) is 7.11 Å². The first-order valence-corrected chi connectivity index (χ1v) is 8.70. The molecule has 24 heavy (non-hydrogen) atoms. The van der Waals surface area contributed by atoms with Crippen molar-refractivity contribution >= 4 is 23.4 Å². The van der Waals surface area contributed by atoms with Crippen molar-refractivity contribution in [3.05, 3.63) is 22.3 Å². The molecule has 4 nitrogen and oxygen atoms in total. The summed E-state index contributed by atoms with van der Waals surface area (Å²) < 4.78 is 32.1. The van der Waals surface area contributed by atoms with E-state index in [0.717, 1.165) is 25.0 Å². The number of carbonyl (C=O) groups is 1. The minimum absolute atomic E-state index is 0.139. The summed E-state index contributed by atoms with van der Waals surface area (Å²) in [6.07, 6.45) is 3.14. The SMILES string of the molecule is COC(=O)c1cc(Cl)c(C2CCC2)nc1N1CCCC(F)(F)CC1. The lowest BCUT2D eigenvalue weighted by atomic mass is 9.82. The predicted molar refractivity (Wildman–Crippen MR) is 88.2 cm³/mol. The van der Waals surface area contributed by atoms with Crippen molar-refractivity contribution < 1.29 is 18.3 Å². The lowest BCUT2D eigenvalue weighted by Crippen LogP contribution is -2.29. The van der Waals surface area contributed by atoms with Crippen LogP contribution in [0.25, 0.3) is 0 Å².